The molecule has 0 aliphatic carbocycles. The number of benzene rings is 1. The topological polar surface area (TPSA) is 75.7 Å². The second-order valence-corrected chi connectivity index (χ2v) is 3.86. The Hall–Kier alpha value is -2.44. The van der Waals surface area contributed by atoms with Crippen molar-refractivity contribution in [1.29, 1.82) is 0 Å². The summed E-state index contributed by atoms with van der Waals surface area (Å²) in [6.45, 7) is -0.105. The molecular formula is C12H11FN2O4. The van der Waals surface area contributed by atoms with Crippen LogP contribution in [-0.2, 0) is 9.53 Å². The van der Waals surface area contributed by atoms with Crippen LogP contribution in [0.1, 0.15) is 10.4 Å². The number of amides is 3. The number of cyclic esters (lactones) is 1. The van der Waals surface area contributed by atoms with Gasteiger partial charge in [0.1, 0.15) is 5.82 Å². The van der Waals surface area contributed by atoms with Gasteiger partial charge in [-0.25, -0.2) is 14.1 Å². The maximum atomic E-state index is 12.7. The number of rotatable bonds is 4. The fourth-order valence-electron chi connectivity index (χ4n) is 1.58. The maximum absolute atomic E-state index is 12.7. The Bertz CT molecular complexity index is 499. The zero-order chi connectivity index (χ0) is 13.8. The van der Waals surface area contributed by atoms with E-state index < -0.39 is 23.7 Å². The molecule has 3 amide bonds. The molecule has 0 spiro atoms. The maximum Gasteiger partial charge on any atom is 0.417 e. The molecule has 6 nitrogen and oxygen atoms in total. The summed E-state index contributed by atoms with van der Waals surface area (Å²) < 4.78 is 17.2. The number of carbonyl (C=O) groups excluding carboxylic acids is 3. The van der Waals surface area contributed by atoms with E-state index in [1.165, 1.54) is 24.3 Å². The first-order valence-corrected chi connectivity index (χ1v) is 5.59. The Morgan fingerprint density at radius 2 is 2.00 bits per heavy atom. The van der Waals surface area contributed by atoms with Gasteiger partial charge in [-0.3, -0.25) is 9.59 Å². The predicted molar refractivity (Wildman–Crippen MR) is 61.8 cm³/mol. The summed E-state index contributed by atoms with van der Waals surface area (Å²) >= 11 is 0. The Morgan fingerprint density at radius 1 is 1.32 bits per heavy atom. The molecule has 100 valence electrons. The number of halogens is 1. The molecule has 1 aromatic carbocycles. The fourth-order valence-corrected chi connectivity index (χ4v) is 1.58. The minimum Gasteiger partial charge on any atom is -0.439 e. The van der Waals surface area contributed by atoms with Gasteiger partial charge in [-0.2, -0.15) is 0 Å². The van der Waals surface area contributed by atoms with Crippen LogP contribution < -0.4 is 5.32 Å². The summed E-state index contributed by atoms with van der Waals surface area (Å²) in [5, 5.41) is 2.52. The lowest BCUT2D eigenvalue weighted by molar-refractivity contribution is -0.125. The van der Waals surface area contributed by atoms with Crippen LogP contribution in [0.25, 0.3) is 0 Å². The van der Waals surface area contributed by atoms with E-state index in [9.17, 15) is 18.8 Å². The summed E-state index contributed by atoms with van der Waals surface area (Å²) in [6.07, 6.45) is -0.707. The van der Waals surface area contributed by atoms with Crippen molar-refractivity contribution in [3.63, 3.8) is 0 Å². The van der Waals surface area contributed by atoms with E-state index >= 15 is 0 Å². The van der Waals surface area contributed by atoms with Gasteiger partial charge in [0.2, 0.25) is 0 Å². The third-order valence-electron chi connectivity index (χ3n) is 2.57. The van der Waals surface area contributed by atoms with Crippen LogP contribution in [0, 0.1) is 5.82 Å². The zero-order valence-electron chi connectivity index (χ0n) is 9.89. The van der Waals surface area contributed by atoms with Crippen LogP contribution in [0.2, 0.25) is 0 Å². The molecule has 1 aliphatic heterocycles. The van der Waals surface area contributed by atoms with Crippen LogP contribution in [0.5, 0.6) is 0 Å². The minimum atomic E-state index is -0.707. The Kier molecular flexibility index (Phi) is 3.74. The normalized spacial score (nSPS) is 14.5. The lowest BCUT2D eigenvalue weighted by atomic mass is 10.2. The lowest BCUT2D eigenvalue weighted by Gasteiger charge is -2.11. The first-order chi connectivity index (χ1) is 9.08. The Balaban J connectivity index is 1.82. The summed E-state index contributed by atoms with van der Waals surface area (Å²) in [5.74, 6) is -1.26. The molecule has 1 aromatic rings. The molecule has 7 heteroatoms. The second kappa shape index (κ2) is 5.47. The summed E-state index contributed by atoms with van der Waals surface area (Å²) in [6, 6.07) is 5.05. The van der Waals surface area contributed by atoms with Gasteiger partial charge >= 0.3 is 6.09 Å². The standard InChI is InChI=1S/C12H11FN2O4/c13-9-3-1-8(2-4-9)11(17)14-5-6-15-10(16)7-19-12(15)18/h1-4H,5-7H2,(H,14,17). The molecule has 1 fully saturated rings. The molecule has 1 heterocycles. The number of nitrogens with one attached hydrogen (secondary N) is 1. The molecule has 2 rings (SSSR count). The van der Waals surface area contributed by atoms with Crippen LogP contribution in [0.4, 0.5) is 9.18 Å². The average Bonchev–Trinajstić information content (AvgIpc) is 2.71. The SMILES string of the molecule is O=C(NCCN1C(=O)COC1=O)c1ccc(F)cc1. The zero-order valence-corrected chi connectivity index (χ0v) is 9.89. The second-order valence-electron chi connectivity index (χ2n) is 3.86. The third-order valence-corrected chi connectivity index (χ3v) is 2.57. The quantitative estimate of drug-likeness (QED) is 0.862. The van der Waals surface area contributed by atoms with Gasteiger partial charge < -0.3 is 10.1 Å². The van der Waals surface area contributed by atoms with Crippen molar-refractivity contribution in [2.45, 2.75) is 0 Å². The first kappa shape index (κ1) is 13.0. The van der Waals surface area contributed by atoms with Gasteiger partial charge in [-0.1, -0.05) is 0 Å². The van der Waals surface area contributed by atoms with Crippen LogP contribution in [0.15, 0.2) is 24.3 Å². The molecule has 0 radical (unpaired) electrons. The van der Waals surface area contributed by atoms with Crippen molar-refractivity contribution in [1.82, 2.24) is 10.2 Å². The van der Waals surface area contributed by atoms with E-state index in [0.717, 1.165) is 4.90 Å². The van der Waals surface area contributed by atoms with Crippen molar-refractivity contribution < 1.29 is 23.5 Å². The summed E-state index contributed by atoms with van der Waals surface area (Å²) in [4.78, 5) is 34.9. The van der Waals surface area contributed by atoms with Crippen LogP contribution >= 0.6 is 0 Å². The largest absolute Gasteiger partial charge is 0.439 e. The Morgan fingerprint density at radius 3 is 2.58 bits per heavy atom. The van der Waals surface area contributed by atoms with Crippen molar-refractivity contribution in [2.75, 3.05) is 19.7 Å². The van der Waals surface area contributed by atoms with Gasteiger partial charge in [0, 0.05) is 18.7 Å². The monoisotopic (exact) mass is 266 g/mol. The molecule has 0 bridgehead atoms. The number of ether oxygens (including phenoxy) is 1. The number of hydrogen-bond donors (Lipinski definition) is 1. The molecule has 19 heavy (non-hydrogen) atoms. The van der Waals surface area contributed by atoms with E-state index in [4.69, 9.17) is 0 Å². The average molecular weight is 266 g/mol. The fraction of sp³-hybridized carbons (Fsp3) is 0.250. The van der Waals surface area contributed by atoms with E-state index in [-0.39, 0.29) is 19.7 Å². The van der Waals surface area contributed by atoms with Gasteiger partial charge in [0.25, 0.3) is 11.8 Å². The number of nitrogens with zero attached hydrogens (tertiary/aromatic N) is 1. The van der Waals surface area contributed by atoms with Crippen LogP contribution in [-0.4, -0.2) is 42.5 Å². The molecule has 0 atom stereocenters. The van der Waals surface area contributed by atoms with Gasteiger partial charge in [-0.15, -0.1) is 0 Å². The van der Waals surface area contributed by atoms with Crippen molar-refractivity contribution >= 4 is 17.9 Å². The highest BCUT2D eigenvalue weighted by molar-refractivity contribution is 5.98. The van der Waals surface area contributed by atoms with Crippen LogP contribution in [0.3, 0.4) is 0 Å². The summed E-state index contributed by atoms with van der Waals surface area (Å²) in [7, 11) is 0. The van der Waals surface area contributed by atoms with Gasteiger partial charge in [-0.05, 0) is 24.3 Å². The highest BCUT2D eigenvalue weighted by Gasteiger charge is 2.30. The minimum absolute atomic E-state index is 0.0462. The highest BCUT2D eigenvalue weighted by Crippen LogP contribution is 2.04. The van der Waals surface area contributed by atoms with Crippen molar-refractivity contribution in [3.05, 3.63) is 35.6 Å². The summed E-state index contributed by atoms with van der Waals surface area (Å²) in [5.41, 5.74) is 0.303. The smallest absolute Gasteiger partial charge is 0.417 e. The molecule has 0 aromatic heterocycles. The number of imide groups is 1. The van der Waals surface area contributed by atoms with E-state index in [1.54, 1.807) is 0 Å². The van der Waals surface area contributed by atoms with E-state index in [0.29, 0.717) is 5.56 Å². The molecular weight excluding hydrogens is 255 g/mol. The van der Waals surface area contributed by atoms with Crippen molar-refractivity contribution in [3.8, 4) is 0 Å². The lowest BCUT2D eigenvalue weighted by Crippen LogP contribution is -2.37. The predicted octanol–water partition coefficient (Wildman–Crippen LogP) is 0.534. The van der Waals surface area contributed by atoms with E-state index in [1.807, 2.05) is 0 Å². The van der Waals surface area contributed by atoms with Gasteiger partial charge in [0.05, 0.1) is 0 Å². The highest BCUT2D eigenvalue weighted by atomic mass is 19.1. The third kappa shape index (κ3) is 3.06. The number of carbonyl (C=O) groups is 3. The van der Waals surface area contributed by atoms with E-state index in [2.05, 4.69) is 10.1 Å². The molecule has 0 saturated carbocycles. The number of hydrogen-bond acceptors (Lipinski definition) is 4. The van der Waals surface area contributed by atoms with Crippen molar-refractivity contribution in [2.24, 2.45) is 0 Å². The molecule has 1 saturated heterocycles. The first-order valence-electron chi connectivity index (χ1n) is 5.59. The molecule has 1 aliphatic rings. The Labute approximate surface area is 108 Å². The van der Waals surface area contributed by atoms with Gasteiger partial charge in [0.15, 0.2) is 6.61 Å². The molecule has 0 unspecified atom stereocenters. The molecule has 1 N–H and O–H groups in total.